The van der Waals surface area contributed by atoms with E-state index in [1.54, 1.807) is 6.08 Å². The number of methoxy groups -OCH3 is 1. The lowest BCUT2D eigenvalue weighted by Crippen LogP contribution is -2.10. The molecule has 0 saturated carbocycles. The normalized spacial score (nSPS) is 13.4. The Morgan fingerprint density at radius 3 is 2.57 bits per heavy atom. The van der Waals surface area contributed by atoms with Gasteiger partial charge >= 0.3 is 0 Å². The topological polar surface area (TPSA) is 29.5 Å². The minimum absolute atomic E-state index is 0.0139. The second kappa shape index (κ2) is 3.84. The number of hydrogen-bond donors (Lipinski definition) is 1. The molecular formula is C5H10O2. The average Bonchev–Trinajstić information content (AvgIpc) is 1.72. The van der Waals surface area contributed by atoms with Crippen LogP contribution >= 0.6 is 0 Å². The van der Waals surface area contributed by atoms with Crippen molar-refractivity contribution in [3.05, 3.63) is 12.7 Å². The zero-order valence-electron chi connectivity index (χ0n) is 4.42. The highest BCUT2D eigenvalue weighted by Crippen LogP contribution is 1.85. The Morgan fingerprint density at radius 1 is 2.00 bits per heavy atom. The number of hydrogen-bond acceptors (Lipinski definition) is 2. The lowest BCUT2D eigenvalue weighted by atomic mass is 10.4. The van der Waals surface area contributed by atoms with Crippen molar-refractivity contribution in [2.24, 2.45) is 0 Å². The first kappa shape index (κ1) is 6.66. The van der Waals surface area contributed by atoms with Gasteiger partial charge < -0.3 is 9.84 Å². The van der Waals surface area contributed by atoms with E-state index >= 15 is 0 Å². The highest BCUT2D eigenvalue weighted by molar-refractivity contribution is 4.77. The first-order valence-electron chi connectivity index (χ1n) is 2.11. The fraction of sp³-hybridized carbons (Fsp3) is 0.600. The van der Waals surface area contributed by atoms with Gasteiger partial charge in [0.15, 0.2) is 0 Å². The van der Waals surface area contributed by atoms with Gasteiger partial charge in [-0.25, -0.2) is 0 Å². The summed E-state index contributed by atoms with van der Waals surface area (Å²) >= 11 is 0. The van der Waals surface area contributed by atoms with Gasteiger partial charge in [-0.05, 0) is 0 Å². The fourth-order valence-corrected chi connectivity index (χ4v) is 0.245. The molecule has 0 aliphatic heterocycles. The minimum atomic E-state index is -0.194. The summed E-state index contributed by atoms with van der Waals surface area (Å²) in [5.41, 5.74) is 0. The van der Waals surface area contributed by atoms with Crippen LogP contribution in [0.2, 0.25) is 0 Å². The lowest BCUT2D eigenvalue weighted by molar-refractivity contribution is 0.0822. The van der Waals surface area contributed by atoms with Crippen LogP contribution in [0, 0.1) is 0 Å². The summed E-state index contributed by atoms with van der Waals surface area (Å²) in [6, 6.07) is 0. The monoisotopic (exact) mass is 102 g/mol. The molecule has 0 aromatic carbocycles. The van der Waals surface area contributed by atoms with E-state index in [-0.39, 0.29) is 12.7 Å². The van der Waals surface area contributed by atoms with Gasteiger partial charge in [-0.2, -0.15) is 0 Å². The molecule has 0 saturated heterocycles. The van der Waals surface area contributed by atoms with Crippen LogP contribution in [-0.4, -0.2) is 24.9 Å². The second-order valence-electron chi connectivity index (χ2n) is 1.19. The molecule has 1 atom stereocenters. The first-order valence-corrected chi connectivity index (χ1v) is 2.11. The Hall–Kier alpha value is -0.340. The maximum absolute atomic E-state index is 8.33. The van der Waals surface area contributed by atoms with Crippen molar-refractivity contribution in [3.8, 4) is 0 Å². The fourth-order valence-electron chi connectivity index (χ4n) is 0.245. The summed E-state index contributed by atoms with van der Waals surface area (Å²) in [5, 5.41) is 8.33. The molecule has 0 spiro atoms. The highest BCUT2D eigenvalue weighted by Gasteiger charge is 1.93. The highest BCUT2D eigenvalue weighted by atomic mass is 16.5. The molecule has 2 heteroatoms. The maximum atomic E-state index is 8.33. The van der Waals surface area contributed by atoms with Crippen molar-refractivity contribution in [3.63, 3.8) is 0 Å². The summed E-state index contributed by atoms with van der Waals surface area (Å²) in [7, 11) is 1.53. The molecule has 1 N–H and O–H groups in total. The van der Waals surface area contributed by atoms with Crippen LogP contribution in [0.3, 0.4) is 0 Å². The molecule has 0 rings (SSSR count). The van der Waals surface area contributed by atoms with Crippen LogP contribution in [-0.2, 0) is 4.74 Å². The molecule has 0 aromatic rings. The second-order valence-corrected chi connectivity index (χ2v) is 1.19. The molecule has 0 aromatic heterocycles. The van der Waals surface area contributed by atoms with Gasteiger partial charge in [0.05, 0.1) is 12.7 Å². The van der Waals surface area contributed by atoms with E-state index in [0.29, 0.717) is 0 Å². The molecule has 1 unspecified atom stereocenters. The molecule has 0 bridgehead atoms. The van der Waals surface area contributed by atoms with Crippen LogP contribution in [0.15, 0.2) is 12.7 Å². The van der Waals surface area contributed by atoms with E-state index in [9.17, 15) is 0 Å². The van der Waals surface area contributed by atoms with Crippen LogP contribution < -0.4 is 0 Å². The maximum Gasteiger partial charge on any atom is 0.0980 e. The lowest BCUT2D eigenvalue weighted by Gasteiger charge is -2.02. The predicted octanol–water partition coefficient (Wildman–Crippen LogP) is 0.180. The zero-order valence-corrected chi connectivity index (χ0v) is 4.42. The summed E-state index contributed by atoms with van der Waals surface area (Å²) in [4.78, 5) is 0. The quantitative estimate of drug-likeness (QED) is 0.515. The van der Waals surface area contributed by atoms with Crippen LogP contribution in [0.25, 0.3) is 0 Å². The van der Waals surface area contributed by atoms with E-state index in [2.05, 4.69) is 11.3 Å². The average molecular weight is 102 g/mol. The molecule has 0 heterocycles. The molecule has 0 radical (unpaired) electrons. The smallest absolute Gasteiger partial charge is 0.0980 e. The molecule has 0 aliphatic carbocycles. The van der Waals surface area contributed by atoms with Gasteiger partial charge in [0.2, 0.25) is 0 Å². The van der Waals surface area contributed by atoms with Crippen molar-refractivity contribution in [2.45, 2.75) is 6.10 Å². The number of ether oxygens (including phenoxy) is 1. The Balaban J connectivity index is 3.16. The van der Waals surface area contributed by atoms with E-state index < -0.39 is 0 Å². The summed E-state index contributed by atoms with van der Waals surface area (Å²) in [6.45, 7) is 3.43. The van der Waals surface area contributed by atoms with Crippen molar-refractivity contribution in [1.82, 2.24) is 0 Å². The Labute approximate surface area is 43.4 Å². The third-order valence-corrected chi connectivity index (χ3v) is 0.746. The minimum Gasteiger partial charge on any atom is -0.393 e. The number of rotatable bonds is 3. The SMILES string of the molecule is C=CC(CO)OC. The Bertz CT molecular complexity index is 48.0. The van der Waals surface area contributed by atoms with Gasteiger partial charge in [-0.1, -0.05) is 6.08 Å². The van der Waals surface area contributed by atoms with E-state index in [4.69, 9.17) is 5.11 Å². The molecular weight excluding hydrogens is 92.1 g/mol. The van der Waals surface area contributed by atoms with Crippen LogP contribution in [0.5, 0.6) is 0 Å². The van der Waals surface area contributed by atoms with E-state index in [1.165, 1.54) is 7.11 Å². The zero-order chi connectivity index (χ0) is 5.70. The van der Waals surface area contributed by atoms with Crippen molar-refractivity contribution in [1.29, 1.82) is 0 Å². The third kappa shape index (κ3) is 2.37. The molecule has 0 amide bonds. The van der Waals surface area contributed by atoms with Crippen molar-refractivity contribution < 1.29 is 9.84 Å². The van der Waals surface area contributed by atoms with Gasteiger partial charge in [-0.3, -0.25) is 0 Å². The van der Waals surface area contributed by atoms with Crippen molar-refractivity contribution in [2.75, 3.05) is 13.7 Å². The van der Waals surface area contributed by atoms with E-state index in [1.807, 2.05) is 0 Å². The molecule has 7 heavy (non-hydrogen) atoms. The largest absolute Gasteiger partial charge is 0.393 e. The van der Waals surface area contributed by atoms with Crippen LogP contribution in [0.1, 0.15) is 0 Å². The molecule has 42 valence electrons. The predicted molar refractivity (Wildman–Crippen MR) is 28.1 cm³/mol. The summed E-state index contributed by atoms with van der Waals surface area (Å²) in [6.07, 6.45) is 1.36. The molecule has 2 nitrogen and oxygen atoms in total. The standard InChI is InChI=1S/C5H10O2/c1-3-5(4-6)7-2/h3,5-6H,1,4H2,2H3. The van der Waals surface area contributed by atoms with Crippen LogP contribution in [0.4, 0.5) is 0 Å². The third-order valence-electron chi connectivity index (χ3n) is 0.746. The summed E-state index contributed by atoms with van der Waals surface area (Å²) < 4.78 is 4.68. The van der Waals surface area contributed by atoms with Gasteiger partial charge in [-0.15, -0.1) is 6.58 Å². The number of aliphatic hydroxyl groups excluding tert-OH is 1. The van der Waals surface area contributed by atoms with Gasteiger partial charge in [0.25, 0.3) is 0 Å². The molecule has 0 aliphatic rings. The summed E-state index contributed by atoms with van der Waals surface area (Å²) in [5.74, 6) is 0. The first-order chi connectivity index (χ1) is 3.35. The molecule has 0 fully saturated rings. The Morgan fingerprint density at radius 2 is 2.57 bits per heavy atom. The van der Waals surface area contributed by atoms with Gasteiger partial charge in [0.1, 0.15) is 0 Å². The number of aliphatic hydroxyl groups is 1. The van der Waals surface area contributed by atoms with E-state index in [0.717, 1.165) is 0 Å². The van der Waals surface area contributed by atoms with Crippen molar-refractivity contribution >= 4 is 0 Å². The Kier molecular flexibility index (Phi) is 3.65. The van der Waals surface area contributed by atoms with Gasteiger partial charge in [0, 0.05) is 7.11 Å².